The predicted octanol–water partition coefficient (Wildman–Crippen LogP) is -1.45. The van der Waals surface area contributed by atoms with Crippen molar-refractivity contribution in [1.82, 2.24) is 9.88 Å². The van der Waals surface area contributed by atoms with E-state index >= 15 is 0 Å². The summed E-state index contributed by atoms with van der Waals surface area (Å²) in [6.45, 7) is 0.180. The molecule has 6 heteroatoms. The van der Waals surface area contributed by atoms with Crippen LogP contribution in [-0.4, -0.2) is 51.3 Å². The Bertz CT molecular complexity index is 446. The first-order chi connectivity index (χ1) is 7.58. The van der Waals surface area contributed by atoms with Crippen LogP contribution in [0.1, 0.15) is 10.4 Å². The highest BCUT2D eigenvalue weighted by molar-refractivity contribution is 5.94. The Morgan fingerprint density at radius 1 is 1.38 bits per heavy atom. The van der Waals surface area contributed by atoms with Crippen LogP contribution < -0.4 is 5.56 Å². The standard InChI is InChI=1S/C10H12N2O4/c13-7-4-12(5-8(7)14)10(16)6-1-2-11-9(15)3-6/h1-3,7-8,13-14H,4-5H2,(H,11,15)/t7-,8+. The Balaban J connectivity index is 2.18. The predicted molar refractivity (Wildman–Crippen MR) is 55.0 cm³/mol. The average molecular weight is 224 g/mol. The molecule has 86 valence electrons. The molecular weight excluding hydrogens is 212 g/mol. The van der Waals surface area contributed by atoms with Crippen LogP contribution in [0.3, 0.4) is 0 Å². The van der Waals surface area contributed by atoms with E-state index in [9.17, 15) is 19.8 Å². The monoisotopic (exact) mass is 224 g/mol. The van der Waals surface area contributed by atoms with Crippen LogP contribution >= 0.6 is 0 Å². The van der Waals surface area contributed by atoms with Crippen LogP contribution in [0.25, 0.3) is 0 Å². The van der Waals surface area contributed by atoms with Gasteiger partial charge in [0, 0.05) is 30.9 Å². The molecule has 6 nitrogen and oxygen atoms in total. The van der Waals surface area contributed by atoms with E-state index in [0.29, 0.717) is 0 Å². The van der Waals surface area contributed by atoms with Crippen molar-refractivity contribution in [2.45, 2.75) is 12.2 Å². The molecule has 1 amide bonds. The molecule has 0 radical (unpaired) electrons. The van der Waals surface area contributed by atoms with Crippen LogP contribution in [0.4, 0.5) is 0 Å². The molecule has 2 atom stereocenters. The largest absolute Gasteiger partial charge is 0.388 e. The number of nitrogens with one attached hydrogen (secondary N) is 1. The van der Waals surface area contributed by atoms with Gasteiger partial charge in [-0.1, -0.05) is 0 Å². The summed E-state index contributed by atoms with van der Waals surface area (Å²) in [7, 11) is 0. The van der Waals surface area contributed by atoms with Crippen molar-refractivity contribution >= 4 is 5.91 Å². The third-order valence-electron chi connectivity index (χ3n) is 2.57. The molecule has 0 spiro atoms. The van der Waals surface area contributed by atoms with Crippen molar-refractivity contribution in [3.05, 3.63) is 34.2 Å². The SMILES string of the molecule is O=C(c1cc[nH]c(=O)c1)N1C[C@@H](O)[C@@H](O)C1. The second kappa shape index (κ2) is 4.07. The molecule has 16 heavy (non-hydrogen) atoms. The number of aromatic nitrogens is 1. The van der Waals surface area contributed by atoms with Gasteiger partial charge in [0.15, 0.2) is 0 Å². The van der Waals surface area contributed by atoms with Crippen molar-refractivity contribution in [2.75, 3.05) is 13.1 Å². The fourth-order valence-corrected chi connectivity index (χ4v) is 1.70. The average Bonchev–Trinajstić information content (AvgIpc) is 2.58. The van der Waals surface area contributed by atoms with E-state index in [1.54, 1.807) is 0 Å². The van der Waals surface area contributed by atoms with E-state index in [1.165, 1.54) is 23.2 Å². The van der Waals surface area contributed by atoms with Gasteiger partial charge in [-0.25, -0.2) is 0 Å². The van der Waals surface area contributed by atoms with Gasteiger partial charge in [0.05, 0.1) is 12.2 Å². The molecule has 1 aliphatic heterocycles. The quantitative estimate of drug-likeness (QED) is 0.544. The zero-order valence-corrected chi connectivity index (χ0v) is 8.46. The Morgan fingerprint density at radius 2 is 2.00 bits per heavy atom. The van der Waals surface area contributed by atoms with Crippen molar-refractivity contribution in [2.24, 2.45) is 0 Å². The smallest absolute Gasteiger partial charge is 0.254 e. The Labute approximate surface area is 91.1 Å². The third kappa shape index (κ3) is 1.98. The summed E-state index contributed by atoms with van der Waals surface area (Å²) in [5.41, 5.74) is -0.101. The number of aromatic amines is 1. The summed E-state index contributed by atoms with van der Waals surface area (Å²) in [5, 5.41) is 18.6. The lowest BCUT2D eigenvalue weighted by molar-refractivity contribution is 0.0572. The van der Waals surface area contributed by atoms with Crippen LogP contribution in [0.5, 0.6) is 0 Å². The minimum atomic E-state index is -0.911. The Morgan fingerprint density at radius 3 is 2.56 bits per heavy atom. The Hall–Kier alpha value is -1.66. The number of nitrogens with zero attached hydrogens (tertiary/aromatic N) is 1. The molecule has 0 saturated carbocycles. The normalized spacial score (nSPS) is 24.8. The molecule has 0 unspecified atom stereocenters. The molecule has 3 N–H and O–H groups in total. The van der Waals surface area contributed by atoms with Crippen LogP contribution in [0.15, 0.2) is 23.1 Å². The number of H-pyrrole nitrogens is 1. The highest BCUT2D eigenvalue weighted by atomic mass is 16.3. The van der Waals surface area contributed by atoms with Gasteiger partial charge in [-0.15, -0.1) is 0 Å². The lowest BCUT2D eigenvalue weighted by atomic mass is 10.2. The number of likely N-dealkylation sites (tertiary alicyclic amines) is 1. The van der Waals surface area contributed by atoms with Gasteiger partial charge >= 0.3 is 0 Å². The fraction of sp³-hybridized carbons (Fsp3) is 0.400. The molecule has 1 aromatic heterocycles. The summed E-state index contributed by atoms with van der Waals surface area (Å²) >= 11 is 0. The van der Waals surface area contributed by atoms with Crippen LogP contribution in [-0.2, 0) is 0 Å². The molecule has 1 aliphatic rings. The van der Waals surface area contributed by atoms with Gasteiger partial charge in [-0.05, 0) is 6.07 Å². The molecule has 1 aromatic rings. The molecule has 1 saturated heterocycles. The summed E-state index contributed by atoms with van der Waals surface area (Å²) in [4.78, 5) is 26.6. The second-order valence-corrected chi connectivity index (χ2v) is 3.79. The lowest BCUT2D eigenvalue weighted by Crippen LogP contribution is -2.30. The van der Waals surface area contributed by atoms with Gasteiger partial charge in [-0.3, -0.25) is 9.59 Å². The first-order valence-electron chi connectivity index (χ1n) is 4.92. The van der Waals surface area contributed by atoms with Crippen molar-refractivity contribution < 1.29 is 15.0 Å². The van der Waals surface area contributed by atoms with Gasteiger partial charge in [0.2, 0.25) is 5.56 Å². The number of β-amino-alcohol motifs (C(OH)–C–C–N with tert-alkyl or cyclic N) is 2. The number of aliphatic hydroxyl groups is 2. The molecule has 2 rings (SSSR count). The molecule has 0 bridgehead atoms. The zero-order chi connectivity index (χ0) is 11.7. The molecule has 0 aromatic carbocycles. The van der Waals surface area contributed by atoms with Crippen molar-refractivity contribution in [1.29, 1.82) is 0 Å². The minimum Gasteiger partial charge on any atom is -0.388 e. The minimum absolute atomic E-state index is 0.0901. The topological polar surface area (TPSA) is 93.6 Å². The van der Waals surface area contributed by atoms with Gasteiger partial charge < -0.3 is 20.1 Å². The maximum absolute atomic E-state index is 11.8. The molecule has 2 heterocycles. The highest BCUT2D eigenvalue weighted by Crippen LogP contribution is 2.13. The first-order valence-corrected chi connectivity index (χ1v) is 4.92. The van der Waals surface area contributed by atoms with E-state index in [1.807, 2.05) is 0 Å². The van der Waals surface area contributed by atoms with E-state index < -0.39 is 12.2 Å². The summed E-state index contributed by atoms with van der Waals surface area (Å²) < 4.78 is 0. The van der Waals surface area contributed by atoms with Crippen LogP contribution in [0.2, 0.25) is 0 Å². The summed E-state index contributed by atoms with van der Waals surface area (Å²) in [5.74, 6) is -0.360. The lowest BCUT2D eigenvalue weighted by Gasteiger charge is -2.14. The maximum atomic E-state index is 11.8. The Kier molecular flexibility index (Phi) is 2.76. The molecule has 1 fully saturated rings. The number of carbonyl (C=O) groups is 1. The summed E-state index contributed by atoms with van der Waals surface area (Å²) in [6, 6.07) is 2.68. The third-order valence-corrected chi connectivity index (χ3v) is 2.57. The van der Waals surface area contributed by atoms with Crippen molar-refractivity contribution in [3.8, 4) is 0 Å². The maximum Gasteiger partial charge on any atom is 0.254 e. The van der Waals surface area contributed by atoms with Gasteiger partial charge in [0.25, 0.3) is 5.91 Å². The number of hydrogen-bond acceptors (Lipinski definition) is 4. The number of carbonyl (C=O) groups excluding carboxylic acids is 1. The van der Waals surface area contributed by atoms with Crippen LogP contribution in [0, 0.1) is 0 Å². The number of hydrogen-bond donors (Lipinski definition) is 3. The first kappa shape index (κ1) is 10.8. The molecular formula is C10H12N2O4. The van der Waals surface area contributed by atoms with E-state index in [4.69, 9.17) is 0 Å². The van der Waals surface area contributed by atoms with E-state index in [-0.39, 0.29) is 30.1 Å². The van der Waals surface area contributed by atoms with Gasteiger partial charge in [-0.2, -0.15) is 0 Å². The van der Waals surface area contributed by atoms with E-state index in [0.717, 1.165) is 0 Å². The zero-order valence-electron chi connectivity index (χ0n) is 8.46. The number of aliphatic hydroxyl groups excluding tert-OH is 2. The fourth-order valence-electron chi connectivity index (χ4n) is 1.70. The number of pyridine rings is 1. The highest BCUT2D eigenvalue weighted by Gasteiger charge is 2.32. The van der Waals surface area contributed by atoms with Crippen molar-refractivity contribution in [3.63, 3.8) is 0 Å². The van der Waals surface area contributed by atoms with E-state index in [2.05, 4.69) is 4.98 Å². The summed E-state index contributed by atoms with van der Waals surface area (Å²) in [6.07, 6.45) is -0.435. The molecule has 0 aliphatic carbocycles. The second-order valence-electron chi connectivity index (χ2n) is 3.79. The number of rotatable bonds is 1. The number of amides is 1. The van der Waals surface area contributed by atoms with Gasteiger partial charge in [0.1, 0.15) is 0 Å².